The predicted molar refractivity (Wildman–Crippen MR) is 156 cm³/mol. The van der Waals surface area contributed by atoms with E-state index in [4.69, 9.17) is 0 Å². The van der Waals surface area contributed by atoms with Crippen LogP contribution in [0.15, 0.2) is 77.7 Å². The molecule has 202 valence electrons. The highest BCUT2D eigenvalue weighted by atomic mass is 32.2. The fraction of sp³-hybridized carbons (Fsp3) is 0.367. The molecule has 1 atom stereocenters. The molecule has 0 amide bonds. The Hall–Kier alpha value is -2.81. The first-order valence-corrected chi connectivity index (χ1v) is 15.4. The van der Waals surface area contributed by atoms with Gasteiger partial charge in [-0.3, -0.25) is 4.79 Å². The van der Waals surface area contributed by atoms with Crippen LogP contribution in [0.1, 0.15) is 44.7 Å². The van der Waals surface area contributed by atoms with Gasteiger partial charge in [0.15, 0.2) is 0 Å². The van der Waals surface area contributed by atoms with E-state index >= 15 is 0 Å². The van der Waals surface area contributed by atoms with Gasteiger partial charge in [0.2, 0.25) is 10.0 Å². The fourth-order valence-electron chi connectivity index (χ4n) is 4.78. The van der Waals surface area contributed by atoms with Crippen LogP contribution in [-0.2, 0) is 27.8 Å². The number of carbonyl (C=O) groups is 1. The number of anilines is 1. The van der Waals surface area contributed by atoms with Crippen LogP contribution in [0.2, 0.25) is 0 Å². The van der Waals surface area contributed by atoms with Crippen molar-refractivity contribution in [3.8, 4) is 11.1 Å². The molecule has 0 aliphatic carbocycles. The van der Waals surface area contributed by atoms with Gasteiger partial charge in [0.1, 0.15) is 6.04 Å². The number of nitrogens with one attached hydrogen (secondary N) is 1. The van der Waals surface area contributed by atoms with Crippen molar-refractivity contribution in [3.05, 3.63) is 83.9 Å². The Kier molecular flexibility index (Phi) is 8.85. The summed E-state index contributed by atoms with van der Waals surface area (Å²) in [6.07, 6.45) is 3.52. The van der Waals surface area contributed by atoms with Gasteiger partial charge in [0, 0.05) is 29.3 Å². The number of hydrogen-bond donors (Lipinski definition) is 2. The summed E-state index contributed by atoms with van der Waals surface area (Å²) in [4.78, 5) is 12.1. The largest absolute Gasteiger partial charge is 0.480 e. The van der Waals surface area contributed by atoms with Gasteiger partial charge in [-0.15, -0.1) is 0 Å². The van der Waals surface area contributed by atoms with E-state index in [1.807, 2.05) is 12.1 Å². The molecule has 3 aromatic rings. The number of nitrogens with zero attached hydrogens (tertiary/aromatic N) is 1. The van der Waals surface area contributed by atoms with Gasteiger partial charge >= 0.3 is 5.97 Å². The smallest absolute Gasteiger partial charge is 0.323 e. The fourth-order valence-corrected chi connectivity index (χ4v) is 7.87. The van der Waals surface area contributed by atoms with Crippen molar-refractivity contribution in [2.45, 2.75) is 62.3 Å². The molecule has 1 saturated heterocycles. The Balaban J connectivity index is 1.42. The van der Waals surface area contributed by atoms with Gasteiger partial charge in [0.05, 0.1) is 4.90 Å². The van der Waals surface area contributed by atoms with E-state index in [0.29, 0.717) is 12.3 Å². The van der Waals surface area contributed by atoms with Gasteiger partial charge < -0.3 is 10.4 Å². The van der Waals surface area contributed by atoms with Crippen LogP contribution < -0.4 is 5.32 Å². The van der Waals surface area contributed by atoms with E-state index in [-0.39, 0.29) is 11.4 Å². The summed E-state index contributed by atoms with van der Waals surface area (Å²) in [7, 11) is -3.94. The zero-order valence-electron chi connectivity index (χ0n) is 22.2. The SMILES string of the molecule is CCCCc1ccc(NCc2ccc(-c3ccc(S(=O)(=O)N4CCSC(C)(C)[C@@H]4C(=O)O)cc3)cc2)cc1. The topological polar surface area (TPSA) is 86.7 Å². The lowest BCUT2D eigenvalue weighted by Crippen LogP contribution is -2.58. The summed E-state index contributed by atoms with van der Waals surface area (Å²) in [5.41, 5.74) is 5.48. The second-order valence-electron chi connectivity index (χ2n) is 10.2. The molecule has 8 heteroatoms. The first kappa shape index (κ1) is 28.2. The van der Waals surface area contributed by atoms with Crippen molar-refractivity contribution in [3.63, 3.8) is 0 Å². The molecule has 0 saturated carbocycles. The Morgan fingerprint density at radius 3 is 2.13 bits per heavy atom. The molecule has 4 rings (SSSR count). The zero-order chi connectivity index (χ0) is 27.3. The molecule has 6 nitrogen and oxygen atoms in total. The molecular weight excluding hydrogens is 516 g/mol. The Morgan fingerprint density at radius 2 is 1.55 bits per heavy atom. The molecule has 0 bridgehead atoms. The summed E-state index contributed by atoms with van der Waals surface area (Å²) in [6.45, 7) is 6.65. The molecule has 2 N–H and O–H groups in total. The Morgan fingerprint density at radius 1 is 0.974 bits per heavy atom. The third-order valence-electron chi connectivity index (χ3n) is 6.98. The monoisotopic (exact) mass is 552 g/mol. The van der Waals surface area contributed by atoms with E-state index < -0.39 is 26.8 Å². The summed E-state index contributed by atoms with van der Waals surface area (Å²) in [5.74, 6) is -0.569. The van der Waals surface area contributed by atoms with Crippen molar-refractivity contribution in [2.24, 2.45) is 0 Å². The van der Waals surface area contributed by atoms with E-state index in [1.54, 1.807) is 38.1 Å². The van der Waals surface area contributed by atoms with E-state index in [1.165, 1.54) is 30.2 Å². The summed E-state index contributed by atoms with van der Waals surface area (Å²) in [5, 5.41) is 13.2. The normalized spacial score (nSPS) is 17.7. The minimum atomic E-state index is -3.94. The molecule has 1 fully saturated rings. The standard InChI is InChI=1S/C30H36N2O4S2/c1-4-5-6-22-9-15-26(16-10-22)31-21-23-7-11-24(12-8-23)25-13-17-27(18-14-25)38(35,36)32-19-20-37-30(2,3)28(32)29(33)34/h7-18,28,31H,4-6,19-21H2,1-3H3,(H,33,34)/t28-/m0/s1. The van der Waals surface area contributed by atoms with Gasteiger partial charge in [-0.2, -0.15) is 16.1 Å². The highest BCUT2D eigenvalue weighted by Crippen LogP contribution is 2.38. The number of carboxylic acids is 1. The molecule has 1 aliphatic heterocycles. The molecule has 0 radical (unpaired) electrons. The Labute approximate surface area is 230 Å². The van der Waals surface area contributed by atoms with Crippen molar-refractivity contribution >= 4 is 33.4 Å². The Bertz CT molecular complexity index is 1340. The molecule has 3 aromatic carbocycles. The van der Waals surface area contributed by atoms with E-state index in [0.717, 1.165) is 33.1 Å². The average Bonchev–Trinajstić information content (AvgIpc) is 2.91. The second-order valence-corrected chi connectivity index (χ2v) is 13.8. The first-order valence-electron chi connectivity index (χ1n) is 13.0. The molecular formula is C30H36N2O4S2. The second kappa shape index (κ2) is 11.9. The number of carboxylic acid groups (broad SMARTS) is 1. The quantitative estimate of drug-likeness (QED) is 0.308. The average molecular weight is 553 g/mol. The van der Waals surface area contributed by atoms with Crippen molar-refractivity contribution in [2.75, 3.05) is 17.6 Å². The summed E-state index contributed by atoms with van der Waals surface area (Å²) >= 11 is 1.49. The van der Waals surface area contributed by atoms with Crippen molar-refractivity contribution in [1.82, 2.24) is 4.31 Å². The van der Waals surface area contributed by atoms with E-state index in [9.17, 15) is 18.3 Å². The lowest BCUT2D eigenvalue weighted by atomic mass is 10.0. The minimum Gasteiger partial charge on any atom is -0.480 e. The van der Waals surface area contributed by atoms with Gasteiger partial charge in [-0.1, -0.05) is 61.9 Å². The number of thioether (sulfide) groups is 1. The number of sulfonamides is 1. The molecule has 1 aliphatic rings. The molecule has 1 heterocycles. The summed E-state index contributed by atoms with van der Waals surface area (Å²) in [6, 6.07) is 22.4. The van der Waals surface area contributed by atoms with Crippen molar-refractivity contribution in [1.29, 1.82) is 0 Å². The number of aliphatic carboxylic acids is 1. The number of unbranched alkanes of at least 4 members (excludes halogenated alkanes) is 1. The highest BCUT2D eigenvalue weighted by molar-refractivity contribution is 8.00. The lowest BCUT2D eigenvalue weighted by molar-refractivity contribution is -0.142. The minimum absolute atomic E-state index is 0.108. The van der Waals surface area contributed by atoms with Crippen LogP contribution >= 0.6 is 11.8 Å². The molecule has 0 unspecified atom stereocenters. The lowest BCUT2D eigenvalue weighted by Gasteiger charge is -2.42. The highest BCUT2D eigenvalue weighted by Gasteiger charge is 2.48. The third-order valence-corrected chi connectivity index (χ3v) is 10.2. The van der Waals surface area contributed by atoms with Gasteiger partial charge in [0.25, 0.3) is 0 Å². The van der Waals surface area contributed by atoms with Crippen LogP contribution in [-0.4, -0.2) is 46.9 Å². The van der Waals surface area contributed by atoms with Crippen LogP contribution in [0.25, 0.3) is 11.1 Å². The maximum Gasteiger partial charge on any atom is 0.323 e. The van der Waals surface area contributed by atoms with E-state index in [2.05, 4.69) is 48.6 Å². The maximum atomic E-state index is 13.4. The van der Waals surface area contributed by atoms with Crippen molar-refractivity contribution < 1.29 is 18.3 Å². The molecule has 38 heavy (non-hydrogen) atoms. The van der Waals surface area contributed by atoms with Crippen LogP contribution in [0.3, 0.4) is 0 Å². The van der Waals surface area contributed by atoms with Gasteiger partial charge in [-0.25, -0.2) is 8.42 Å². The van der Waals surface area contributed by atoms with Crippen LogP contribution in [0.4, 0.5) is 5.69 Å². The van der Waals surface area contributed by atoms with Crippen LogP contribution in [0.5, 0.6) is 0 Å². The number of aryl methyl sites for hydroxylation is 1. The molecule has 0 aromatic heterocycles. The number of rotatable bonds is 10. The molecule has 0 spiro atoms. The number of benzene rings is 3. The summed E-state index contributed by atoms with van der Waals surface area (Å²) < 4.78 is 27.2. The zero-order valence-corrected chi connectivity index (χ0v) is 23.8. The third kappa shape index (κ3) is 6.42. The maximum absolute atomic E-state index is 13.4. The first-order chi connectivity index (χ1) is 18.1. The number of hydrogen-bond acceptors (Lipinski definition) is 5. The van der Waals surface area contributed by atoms with Gasteiger partial charge in [-0.05, 0) is 73.2 Å². The predicted octanol–water partition coefficient (Wildman–Crippen LogP) is 6.28. The van der Waals surface area contributed by atoms with Crippen LogP contribution in [0, 0.1) is 0 Å².